The minimum Gasteiger partial charge on any atom is -0.481 e. The zero-order valence-corrected chi connectivity index (χ0v) is 12.8. The van der Waals surface area contributed by atoms with Gasteiger partial charge in [-0.1, -0.05) is 12.8 Å². The number of hydrogen-bond donors (Lipinski definition) is 1. The molecule has 2 aliphatic rings. The molecule has 1 spiro atoms. The minimum atomic E-state index is -0.641. The van der Waals surface area contributed by atoms with E-state index in [1.807, 2.05) is 6.92 Å². The van der Waals surface area contributed by atoms with Crippen molar-refractivity contribution in [3.8, 4) is 0 Å². The average molecular weight is 294 g/mol. The van der Waals surface area contributed by atoms with Crippen molar-refractivity contribution in [2.24, 2.45) is 5.92 Å². The summed E-state index contributed by atoms with van der Waals surface area (Å²) >= 11 is 1.69. The summed E-state index contributed by atoms with van der Waals surface area (Å²) < 4.78 is 0. The Morgan fingerprint density at radius 2 is 2.25 bits per heavy atom. The Morgan fingerprint density at radius 1 is 1.50 bits per heavy atom. The van der Waals surface area contributed by atoms with Crippen LogP contribution >= 0.6 is 11.3 Å². The SMILES string of the molecule is Cc1csc(CN2CC(C(=O)O)CCC23CCCC3)n1. The van der Waals surface area contributed by atoms with Crippen molar-refractivity contribution in [1.29, 1.82) is 0 Å². The fraction of sp³-hybridized carbons (Fsp3) is 0.733. The van der Waals surface area contributed by atoms with Crippen LogP contribution in [0.4, 0.5) is 0 Å². The molecule has 0 aromatic carbocycles. The summed E-state index contributed by atoms with van der Waals surface area (Å²) in [5.41, 5.74) is 1.32. The van der Waals surface area contributed by atoms with E-state index in [-0.39, 0.29) is 11.5 Å². The number of aromatic nitrogens is 1. The van der Waals surface area contributed by atoms with Crippen molar-refractivity contribution in [3.05, 3.63) is 16.1 Å². The van der Waals surface area contributed by atoms with E-state index in [9.17, 15) is 9.90 Å². The summed E-state index contributed by atoms with van der Waals surface area (Å²) in [5.74, 6) is -0.847. The highest BCUT2D eigenvalue weighted by Crippen LogP contribution is 2.44. The number of rotatable bonds is 3. The molecule has 1 aliphatic heterocycles. The number of aryl methyl sites for hydroxylation is 1. The molecule has 20 heavy (non-hydrogen) atoms. The third kappa shape index (κ3) is 2.61. The minimum absolute atomic E-state index is 0.206. The highest BCUT2D eigenvalue weighted by Gasteiger charge is 2.45. The Morgan fingerprint density at radius 3 is 2.85 bits per heavy atom. The van der Waals surface area contributed by atoms with Gasteiger partial charge in [0.05, 0.1) is 12.5 Å². The maximum absolute atomic E-state index is 11.3. The van der Waals surface area contributed by atoms with Crippen molar-refractivity contribution < 1.29 is 9.90 Å². The molecule has 3 rings (SSSR count). The van der Waals surface area contributed by atoms with Gasteiger partial charge in [-0.15, -0.1) is 11.3 Å². The molecule has 0 bridgehead atoms. The zero-order chi connectivity index (χ0) is 14.2. The number of nitrogens with zero attached hydrogens (tertiary/aromatic N) is 2. The lowest BCUT2D eigenvalue weighted by Crippen LogP contribution is -2.53. The maximum atomic E-state index is 11.3. The van der Waals surface area contributed by atoms with Crippen molar-refractivity contribution in [3.63, 3.8) is 0 Å². The molecule has 4 nitrogen and oxygen atoms in total. The number of aliphatic carboxylic acids is 1. The molecule has 1 N–H and O–H groups in total. The molecule has 1 saturated carbocycles. The summed E-state index contributed by atoms with van der Waals surface area (Å²) in [6.45, 7) is 3.53. The molecule has 1 aromatic rings. The van der Waals surface area contributed by atoms with Crippen LogP contribution in [0.1, 0.15) is 49.2 Å². The monoisotopic (exact) mass is 294 g/mol. The Balaban J connectivity index is 1.79. The van der Waals surface area contributed by atoms with E-state index < -0.39 is 5.97 Å². The largest absolute Gasteiger partial charge is 0.481 e. The predicted molar refractivity (Wildman–Crippen MR) is 78.8 cm³/mol. The first kappa shape index (κ1) is 14.0. The van der Waals surface area contributed by atoms with E-state index >= 15 is 0 Å². The fourth-order valence-electron chi connectivity index (χ4n) is 3.82. The topological polar surface area (TPSA) is 53.4 Å². The van der Waals surface area contributed by atoms with Crippen molar-refractivity contribution >= 4 is 17.3 Å². The smallest absolute Gasteiger partial charge is 0.307 e. The molecule has 5 heteroatoms. The van der Waals surface area contributed by atoms with Gasteiger partial charge in [0, 0.05) is 23.2 Å². The van der Waals surface area contributed by atoms with E-state index in [4.69, 9.17) is 0 Å². The van der Waals surface area contributed by atoms with E-state index in [1.54, 1.807) is 11.3 Å². The molecule has 1 aliphatic carbocycles. The van der Waals surface area contributed by atoms with Crippen LogP contribution in [-0.4, -0.2) is 33.0 Å². The van der Waals surface area contributed by atoms with Gasteiger partial charge in [-0.2, -0.15) is 0 Å². The van der Waals surface area contributed by atoms with Gasteiger partial charge in [0.1, 0.15) is 5.01 Å². The normalized spacial score (nSPS) is 26.1. The number of carboxylic acids is 1. The number of piperidine rings is 1. The second kappa shape index (κ2) is 5.45. The summed E-state index contributed by atoms with van der Waals surface area (Å²) in [6, 6.07) is 0. The fourth-order valence-corrected chi connectivity index (χ4v) is 4.61. The molecule has 1 aromatic heterocycles. The van der Waals surface area contributed by atoms with Crippen molar-refractivity contribution in [2.45, 2.75) is 57.5 Å². The molecule has 0 amide bonds. The Bertz CT molecular complexity index is 494. The van der Waals surface area contributed by atoms with E-state index in [0.717, 1.165) is 30.1 Å². The van der Waals surface area contributed by atoms with Crippen LogP contribution in [0.2, 0.25) is 0 Å². The van der Waals surface area contributed by atoms with Gasteiger partial charge in [-0.3, -0.25) is 9.69 Å². The summed E-state index contributed by atoms with van der Waals surface area (Å²) in [7, 11) is 0. The van der Waals surface area contributed by atoms with Crippen LogP contribution in [0.5, 0.6) is 0 Å². The Hall–Kier alpha value is -0.940. The lowest BCUT2D eigenvalue weighted by atomic mass is 9.81. The number of thiazole rings is 1. The summed E-state index contributed by atoms with van der Waals surface area (Å²) in [5, 5.41) is 12.5. The Labute approximate surface area is 123 Å². The van der Waals surface area contributed by atoms with Gasteiger partial charge in [-0.05, 0) is 32.6 Å². The van der Waals surface area contributed by atoms with Crippen molar-refractivity contribution in [2.75, 3.05) is 6.54 Å². The van der Waals surface area contributed by atoms with Crippen molar-refractivity contribution in [1.82, 2.24) is 9.88 Å². The van der Waals surface area contributed by atoms with Crippen LogP contribution in [0, 0.1) is 12.8 Å². The number of carbonyl (C=O) groups is 1. The lowest BCUT2D eigenvalue weighted by Gasteiger charge is -2.46. The second-order valence-electron chi connectivity index (χ2n) is 6.27. The second-order valence-corrected chi connectivity index (χ2v) is 7.21. The molecular formula is C15H22N2O2S. The highest BCUT2D eigenvalue weighted by molar-refractivity contribution is 7.09. The van der Waals surface area contributed by atoms with Crippen LogP contribution in [-0.2, 0) is 11.3 Å². The van der Waals surface area contributed by atoms with Crippen LogP contribution in [0.25, 0.3) is 0 Å². The number of likely N-dealkylation sites (tertiary alicyclic amines) is 1. The van der Waals surface area contributed by atoms with Gasteiger partial charge < -0.3 is 5.11 Å². The van der Waals surface area contributed by atoms with Crippen LogP contribution in [0.15, 0.2) is 5.38 Å². The molecule has 110 valence electrons. The molecule has 2 heterocycles. The molecule has 2 fully saturated rings. The standard InChI is InChI=1S/C15H22N2O2S/c1-11-10-20-13(16-11)9-17-8-12(14(18)19)4-7-15(17)5-2-3-6-15/h10,12H,2-9H2,1H3,(H,18,19). The average Bonchev–Trinajstić information content (AvgIpc) is 3.02. The first-order valence-corrected chi connectivity index (χ1v) is 8.36. The third-order valence-electron chi connectivity index (χ3n) is 4.95. The number of hydrogen-bond acceptors (Lipinski definition) is 4. The molecule has 1 atom stereocenters. The molecular weight excluding hydrogens is 272 g/mol. The van der Waals surface area contributed by atoms with Gasteiger partial charge in [-0.25, -0.2) is 4.98 Å². The summed E-state index contributed by atoms with van der Waals surface area (Å²) in [6.07, 6.45) is 6.89. The quantitative estimate of drug-likeness (QED) is 0.931. The van der Waals surface area contributed by atoms with Crippen LogP contribution < -0.4 is 0 Å². The zero-order valence-electron chi connectivity index (χ0n) is 12.0. The predicted octanol–water partition coefficient (Wildman–Crippen LogP) is 3.06. The number of carboxylic acid groups (broad SMARTS) is 1. The maximum Gasteiger partial charge on any atom is 0.307 e. The third-order valence-corrected chi connectivity index (χ3v) is 5.90. The van der Waals surface area contributed by atoms with E-state index in [2.05, 4.69) is 15.3 Å². The molecule has 1 saturated heterocycles. The van der Waals surface area contributed by atoms with Gasteiger partial charge >= 0.3 is 5.97 Å². The highest BCUT2D eigenvalue weighted by atomic mass is 32.1. The Kier molecular flexibility index (Phi) is 3.82. The van der Waals surface area contributed by atoms with Crippen LogP contribution in [0.3, 0.4) is 0 Å². The van der Waals surface area contributed by atoms with E-state index in [1.165, 1.54) is 25.7 Å². The molecule has 1 unspecified atom stereocenters. The van der Waals surface area contributed by atoms with Gasteiger partial charge in [0.25, 0.3) is 0 Å². The van der Waals surface area contributed by atoms with Gasteiger partial charge in [0.2, 0.25) is 0 Å². The first-order chi connectivity index (χ1) is 9.59. The van der Waals surface area contributed by atoms with Gasteiger partial charge in [0.15, 0.2) is 0 Å². The summed E-state index contributed by atoms with van der Waals surface area (Å²) in [4.78, 5) is 18.3. The lowest BCUT2D eigenvalue weighted by molar-refractivity contribution is -0.145. The first-order valence-electron chi connectivity index (χ1n) is 7.48. The molecule has 0 radical (unpaired) electrons. The van der Waals surface area contributed by atoms with E-state index in [0.29, 0.717) is 6.54 Å².